The number of nitrogens with one attached hydrogen (secondary N) is 2. The summed E-state index contributed by atoms with van der Waals surface area (Å²) in [6.07, 6.45) is -0.780. The number of ether oxygens (including phenoxy) is 1. The van der Waals surface area contributed by atoms with E-state index < -0.39 is 23.4 Å². The quantitative estimate of drug-likeness (QED) is 0.889. The summed E-state index contributed by atoms with van der Waals surface area (Å²) in [5.74, 6) is -1.03. The maximum absolute atomic E-state index is 13.9. The van der Waals surface area contributed by atoms with Crippen LogP contribution < -0.4 is 10.6 Å². The lowest BCUT2D eigenvalue weighted by Crippen LogP contribution is -2.27. The van der Waals surface area contributed by atoms with Crippen LogP contribution in [0, 0.1) is 12.7 Å². The topological polar surface area (TPSA) is 85.3 Å². The Labute approximate surface area is 145 Å². The maximum Gasteiger partial charge on any atom is 0.412 e. The van der Waals surface area contributed by atoms with Gasteiger partial charge < -0.3 is 10.1 Å². The minimum Gasteiger partial charge on any atom is -0.444 e. The van der Waals surface area contributed by atoms with E-state index in [2.05, 4.69) is 15.7 Å². The first-order valence-electron chi connectivity index (χ1n) is 7.67. The Kier molecular flexibility index (Phi) is 5.10. The summed E-state index contributed by atoms with van der Waals surface area (Å²) in [6, 6.07) is 5.51. The Balaban J connectivity index is 2.14. The van der Waals surface area contributed by atoms with Crippen LogP contribution >= 0.6 is 0 Å². The third-order valence-corrected chi connectivity index (χ3v) is 3.09. The van der Waals surface area contributed by atoms with E-state index in [-0.39, 0.29) is 5.69 Å². The normalized spacial score (nSPS) is 11.1. The Hall–Kier alpha value is -2.90. The fourth-order valence-electron chi connectivity index (χ4n) is 2.13. The number of halogens is 1. The number of hydrogen-bond donors (Lipinski definition) is 2. The van der Waals surface area contributed by atoms with Gasteiger partial charge in [-0.05, 0) is 52.0 Å². The Bertz CT molecular complexity index is 809. The summed E-state index contributed by atoms with van der Waals surface area (Å²) in [5, 5.41) is 9.07. The molecule has 2 aromatic rings. The standard InChI is InChI=1S/C17H21FN4O3/c1-10-8-14(22(5)21-10)15(23)19-11-6-7-12(18)13(9-11)20-16(24)25-17(2,3)4/h6-9H,1-5H3,(H,19,23)(H,20,24). The predicted octanol–water partition coefficient (Wildman–Crippen LogP) is 3.47. The molecule has 2 rings (SSSR count). The molecule has 1 aromatic heterocycles. The zero-order valence-corrected chi connectivity index (χ0v) is 14.8. The Morgan fingerprint density at radius 3 is 2.44 bits per heavy atom. The molecule has 0 fully saturated rings. The molecule has 2 amide bonds. The number of carbonyl (C=O) groups excluding carboxylic acids is 2. The van der Waals surface area contributed by atoms with Crippen molar-refractivity contribution in [1.29, 1.82) is 0 Å². The molecule has 0 aliphatic heterocycles. The van der Waals surface area contributed by atoms with Crippen molar-refractivity contribution in [2.45, 2.75) is 33.3 Å². The summed E-state index contributed by atoms with van der Waals surface area (Å²) in [5.41, 5.74) is 0.608. The van der Waals surface area contributed by atoms with Crippen molar-refractivity contribution in [3.63, 3.8) is 0 Å². The molecule has 7 nitrogen and oxygen atoms in total. The van der Waals surface area contributed by atoms with Crippen molar-refractivity contribution in [3.8, 4) is 0 Å². The number of benzene rings is 1. The van der Waals surface area contributed by atoms with E-state index in [1.165, 1.54) is 16.8 Å². The Morgan fingerprint density at radius 2 is 1.88 bits per heavy atom. The van der Waals surface area contributed by atoms with E-state index in [1.54, 1.807) is 40.8 Å². The molecule has 0 saturated carbocycles. The molecule has 0 saturated heterocycles. The van der Waals surface area contributed by atoms with E-state index in [0.29, 0.717) is 17.1 Å². The van der Waals surface area contributed by atoms with Crippen molar-refractivity contribution >= 4 is 23.4 Å². The SMILES string of the molecule is Cc1cc(C(=O)Nc2ccc(F)c(NC(=O)OC(C)(C)C)c2)n(C)n1. The number of carbonyl (C=O) groups is 2. The molecule has 0 aliphatic carbocycles. The van der Waals surface area contributed by atoms with Gasteiger partial charge in [0.2, 0.25) is 0 Å². The molecular formula is C17H21FN4O3. The van der Waals surface area contributed by atoms with Crippen molar-refractivity contribution in [1.82, 2.24) is 9.78 Å². The van der Waals surface area contributed by atoms with Crippen LogP contribution in [0.15, 0.2) is 24.3 Å². The van der Waals surface area contributed by atoms with Gasteiger partial charge in [-0.25, -0.2) is 9.18 Å². The summed E-state index contributed by atoms with van der Waals surface area (Å²) < 4.78 is 20.4. The maximum atomic E-state index is 13.9. The molecule has 0 atom stereocenters. The van der Waals surface area contributed by atoms with Gasteiger partial charge in [-0.1, -0.05) is 0 Å². The zero-order valence-electron chi connectivity index (χ0n) is 14.8. The predicted molar refractivity (Wildman–Crippen MR) is 92.2 cm³/mol. The molecule has 1 aromatic carbocycles. The fourth-order valence-corrected chi connectivity index (χ4v) is 2.13. The lowest BCUT2D eigenvalue weighted by molar-refractivity contribution is 0.0635. The summed E-state index contributed by atoms with van der Waals surface area (Å²) in [7, 11) is 1.65. The summed E-state index contributed by atoms with van der Waals surface area (Å²) in [4.78, 5) is 24.1. The molecule has 0 radical (unpaired) electrons. The number of aromatic nitrogens is 2. The van der Waals surface area contributed by atoms with Gasteiger partial charge in [0.1, 0.15) is 17.1 Å². The third-order valence-electron chi connectivity index (χ3n) is 3.09. The number of amides is 2. The first-order chi connectivity index (χ1) is 11.5. The van der Waals surface area contributed by atoms with E-state index in [1.807, 2.05) is 0 Å². The van der Waals surface area contributed by atoms with E-state index in [0.717, 1.165) is 6.07 Å². The highest BCUT2D eigenvalue weighted by Crippen LogP contribution is 2.21. The number of aryl methyl sites for hydroxylation is 2. The molecule has 2 N–H and O–H groups in total. The van der Waals surface area contributed by atoms with Crippen LogP contribution in [0.3, 0.4) is 0 Å². The van der Waals surface area contributed by atoms with Crippen molar-refractivity contribution in [3.05, 3.63) is 41.5 Å². The number of nitrogens with zero attached hydrogens (tertiary/aromatic N) is 2. The number of rotatable bonds is 3. The average Bonchev–Trinajstić information content (AvgIpc) is 2.79. The number of anilines is 2. The summed E-state index contributed by atoms with van der Waals surface area (Å²) >= 11 is 0. The van der Waals surface area contributed by atoms with E-state index in [4.69, 9.17) is 4.74 Å². The van der Waals surface area contributed by atoms with Crippen molar-refractivity contribution < 1.29 is 18.7 Å². The highest BCUT2D eigenvalue weighted by atomic mass is 19.1. The van der Waals surface area contributed by atoms with Gasteiger partial charge in [0.15, 0.2) is 0 Å². The molecule has 0 unspecified atom stereocenters. The van der Waals surface area contributed by atoms with E-state index in [9.17, 15) is 14.0 Å². The van der Waals surface area contributed by atoms with Crippen LogP contribution in [0.4, 0.5) is 20.6 Å². The molecule has 8 heteroatoms. The fraction of sp³-hybridized carbons (Fsp3) is 0.353. The van der Waals surface area contributed by atoms with Crippen LogP contribution in [-0.2, 0) is 11.8 Å². The van der Waals surface area contributed by atoms with Gasteiger partial charge in [-0.15, -0.1) is 0 Å². The molecular weight excluding hydrogens is 327 g/mol. The average molecular weight is 348 g/mol. The van der Waals surface area contributed by atoms with E-state index >= 15 is 0 Å². The highest BCUT2D eigenvalue weighted by molar-refractivity contribution is 6.03. The van der Waals surface area contributed by atoms with Gasteiger partial charge >= 0.3 is 6.09 Å². The molecule has 0 spiro atoms. The minimum absolute atomic E-state index is 0.0896. The highest BCUT2D eigenvalue weighted by Gasteiger charge is 2.18. The van der Waals surface area contributed by atoms with Crippen LogP contribution in [0.25, 0.3) is 0 Å². The van der Waals surface area contributed by atoms with Gasteiger partial charge in [0.25, 0.3) is 5.91 Å². The second-order valence-electron chi connectivity index (χ2n) is 6.57. The zero-order chi connectivity index (χ0) is 18.8. The molecule has 1 heterocycles. The van der Waals surface area contributed by atoms with Crippen LogP contribution in [-0.4, -0.2) is 27.4 Å². The van der Waals surface area contributed by atoms with Crippen LogP contribution in [0.1, 0.15) is 37.0 Å². The van der Waals surface area contributed by atoms with Crippen LogP contribution in [0.5, 0.6) is 0 Å². The largest absolute Gasteiger partial charge is 0.444 e. The molecule has 0 aliphatic rings. The lowest BCUT2D eigenvalue weighted by Gasteiger charge is -2.20. The first kappa shape index (κ1) is 18.4. The van der Waals surface area contributed by atoms with Gasteiger partial charge in [-0.2, -0.15) is 5.10 Å². The lowest BCUT2D eigenvalue weighted by atomic mass is 10.2. The molecule has 0 bridgehead atoms. The smallest absolute Gasteiger partial charge is 0.412 e. The van der Waals surface area contributed by atoms with Gasteiger partial charge in [0.05, 0.1) is 11.4 Å². The third kappa shape index (κ3) is 5.03. The Morgan fingerprint density at radius 1 is 1.20 bits per heavy atom. The molecule has 134 valence electrons. The first-order valence-corrected chi connectivity index (χ1v) is 7.67. The van der Waals surface area contributed by atoms with Crippen LogP contribution in [0.2, 0.25) is 0 Å². The monoisotopic (exact) mass is 348 g/mol. The van der Waals surface area contributed by atoms with Crippen molar-refractivity contribution in [2.75, 3.05) is 10.6 Å². The number of hydrogen-bond acceptors (Lipinski definition) is 4. The van der Waals surface area contributed by atoms with Gasteiger partial charge in [-0.3, -0.25) is 14.8 Å². The second kappa shape index (κ2) is 6.92. The molecule has 25 heavy (non-hydrogen) atoms. The van der Waals surface area contributed by atoms with Crippen molar-refractivity contribution in [2.24, 2.45) is 7.05 Å². The minimum atomic E-state index is -0.780. The van der Waals surface area contributed by atoms with Gasteiger partial charge in [0, 0.05) is 12.7 Å². The second-order valence-corrected chi connectivity index (χ2v) is 6.57. The summed E-state index contributed by atoms with van der Waals surface area (Å²) in [6.45, 7) is 6.89.